The minimum Gasteiger partial charge on any atom is -0.363 e. The van der Waals surface area contributed by atoms with Crippen molar-refractivity contribution in [2.75, 3.05) is 32.1 Å². The monoisotopic (exact) mass is 366 g/mol. The van der Waals surface area contributed by atoms with Gasteiger partial charge in [-0.15, -0.1) is 0 Å². The minimum atomic E-state index is -3.42. The van der Waals surface area contributed by atoms with Crippen molar-refractivity contribution in [3.63, 3.8) is 0 Å². The lowest BCUT2D eigenvalue weighted by Crippen LogP contribution is -2.60. The van der Waals surface area contributed by atoms with Gasteiger partial charge in [0.25, 0.3) is 0 Å². The van der Waals surface area contributed by atoms with Gasteiger partial charge in [-0.3, -0.25) is 4.79 Å². The van der Waals surface area contributed by atoms with Crippen molar-refractivity contribution in [2.24, 2.45) is 5.92 Å². The Morgan fingerprint density at radius 2 is 1.96 bits per heavy atom. The van der Waals surface area contributed by atoms with E-state index in [-0.39, 0.29) is 18.4 Å². The van der Waals surface area contributed by atoms with E-state index in [4.69, 9.17) is 0 Å². The van der Waals surface area contributed by atoms with Gasteiger partial charge in [0, 0.05) is 45.8 Å². The number of nitrogens with one attached hydrogen (secondary N) is 1. The fourth-order valence-electron chi connectivity index (χ4n) is 3.33. The van der Waals surface area contributed by atoms with Gasteiger partial charge in [0.2, 0.25) is 15.9 Å². The fraction of sp³-hybridized carbons (Fsp3) is 0.647. The van der Waals surface area contributed by atoms with Gasteiger partial charge in [0.1, 0.15) is 11.1 Å². The normalized spacial score (nSPS) is 19.0. The van der Waals surface area contributed by atoms with Crippen LogP contribution in [0.3, 0.4) is 0 Å². The molecule has 0 radical (unpaired) electrons. The quantitative estimate of drug-likeness (QED) is 0.811. The number of rotatable bonds is 6. The maximum atomic E-state index is 12.4. The Morgan fingerprint density at radius 3 is 2.52 bits per heavy atom. The summed E-state index contributed by atoms with van der Waals surface area (Å²) in [5.41, 5.74) is 0.812. The largest absolute Gasteiger partial charge is 0.363 e. The van der Waals surface area contributed by atoms with Crippen LogP contribution in [0.4, 0.5) is 5.82 Å². The summed E-state index contributed by atoms with van der Waals surface area (Å²) in [5.74, 6) is 1.07. The Kier molecular flexibility index (Phi) is 5.29. The summed E-state index contributed by atoms with van der Waals surface area (Å²) in [6.07, 6.45) is 5.78. The summed E-state index contributed by atoms with van der Waals surface area (Å²) < 4.78 is 27.4. The Labute approximate surface area is 149 Å². The molecule has 0 aromatic carbocycles. The Hall–Kier alpha value is -1.67. The summed E-state index contributed by atoms with van der Waals surface area (Å²) in [6, 6.07) is 3.72. The maximum Gasteiger partial charge on any atom is 0.225 e. The molecule has 0 spiro atoms. The van der Waals surface area contributed by atoms with Crippen LogP contribution in [0.15, 0.2) is 18.3 Å². The van der Waals surface area contributed by atoms with Crippen LogP contribution in [0.25, 0.3) is 0 Å². The molecule has 2 aliphatic rings. The highest BCUT2D eigenvalue weighted by Gasteiger charge is 2.41. The first-order chi connectivity index (χ1) is 11.9. The SMILES string of the molecule is CN(C)c1ccc(CNS(=O)(=O)C2CN(C(=O)C3CCCC3)C2)cn1. The fourth-order valence-corrected chi connectivity index (χ4v) is 4.69. The van der Waals surface area contributed by atoms with Gasteiger partial charge in [-0.2, -0.15) is 0 Å². The summed E-state index contributed by atoms with van der Waals surface area (Å²) in [4.78, 5) is 20.1. The van der Waals surface area contributed by atoms with Crippen LogP contribution in [-0.4, -0.2) is 56.6 Å². The molecular formula is C17H26N4O3S. The molecule has 1 saturated carbocycles. The Bertz CT molecular complexity index is 706. The molecule has 8 heteroatoms. The van der Waals surface area contributed by atoms with Gasteiger partial charge < -0.3 is 9.80 Å². The van der Waals surface area contributed by atoms with Gasteiger partial charge in [0.15, 0.2) is 0 Å². The van der Waals surface area contributed by atoms with Gasteiger partial charge in [-0.05, 0) is 24.5 Å². The summed E-state index contributed by atoms with van der Waals surface area (Å²) in [5, 5.41) is -0.508. The smallest absolute Gasteiger partial charge is 0.225 e. The molecule has 2 fully saturated rings. The van der Waals surface area contributed by atoms with Crippen molar-refractivity contribution >= 4 is 21.7 Å². The number of pyridine rings is 1. The zero-order valence-electron chi connectivity index (χ0n) is 14.8. The topological polar surface area (TPSA) is 82.6 Å². The van der Waals surface area contributed by atoms with Crippen molar-refractivity contribution in [3.05, 3.63) is 23.9 Å². The van der Waals surface area contributed by atoms with Crippen LogP contribution in [0.5, 0.6) is 0 Å². The maximum absolute atomic E-state index is 12.4. The number of hydrogen-bond acceptors (Lipinski definition) is 5. The van der Waals surface area contributed by atoms with Crippen LogP contribution in [0.2, 0.25) is 0 Å². The van der Waals surface area contributed by atoms with E-state index in [1.807, 2.05) is 31.1 Å². The standard InChI is InChI=1S/C17H26N4O3S/c1-20(2)16-8-7-13(9-18-16)10-19-25(23,24)15-11-21(12-15)17(22)14-5-3-4-6-14/h7-9,14-15,19H,3-6,10-12H2,1-2H3. The highest BCUT2D eigenvalue weighted by Crippen LogP contribution is 2.29. The number of nitrogens with zero attached hydrogens (tertiary/aromatic N) is 3. The molecule has 7 nitrogen and oxygen atoms in total. The van der Waals surface area contributed by atoms with E-state index in [0.717, 1.165) is 37.1 Å². The van der Waals surface area contributed by atoms with Crippen molar-refractivity contribution in [1.29, 1.82) is 0 Å². The van der Waals surface area contributed by atoms with Crippen molar-refractivity contribution in [2.45, 2.75) is 37.5 Å². The second-order valence-corrected chi connectivity index (χ2v) is 9.18. The first kappa shape index (κ1) is 18.1. The lowest BCUT2D eigenvalue weighted by Gasteiger charge is -2.39. The Morgan fingerprint density at radius 1 is 1.28 bits per heavy atom. The number of carbonyl (C=O) groups is 1. The zero-order chi connectivity index (χ0) is 18.0. The van der Waals surface area contributed by atoms with E-state index in [1.165, 1.54) is 0 Å². The van der Waals surface area contributed by atoms with Crippen LogP contribution < -0.4 is 9.62 Å². The molecule has 25 heavy (non-hydrogen) atoms. The summed E-state index contributed by atoms with van der Waals surface area (Å²) >= 11 is 0. The first-order valence-corrected chi connectivity index (χ1v) is 10.3. The average molecular weight is 366 g/mol. The van der Waals surface area contributed by atoms with Gasteiger partial charge in [-0.1, -0.05) is 18.9 Å². The lowest BCUT2D eigenvalue weighted by atomic mass is 10.0. The molecule has 0 unspecified atom stereocenters. The van der Waals surface area contributed by atoms with Crippen molar-refractivity contribution in [1.82, 2.24) is 14.6 Å². The molecule has 3 rings (SSSR count). The van der Waals surface area contributed by atoms with Gasteiger partial charge in [0.05, 0.1) is 0 Å². The molecule has 1 N–H and O–H groups in total. The van der Waals surface area contributed by atoms with Crippen molar-refractivity contribution in [3.8, 4) is 0 Å². The average Bonchev–Trinajstić information content (AvgIpc) is 3.06. The molecule has 1 amide bonds. The number of likely N-dealkylation sites (tertiary alicyclic amines) is 1. The second-order valence-electron chi connectivity index (χ2n) is 7.13. The van der Waals surface area contributed by atoms with E-state index < -0.39 is 15.3 Å². The first-order valence-electron chi connectivity index (χ1n) is 8.76. The summed E-state index contributed by atoms with van der Waals surface area (Å²) in [6.45, 7) is 0.834. The third-order valence-corrected chi connectivity index (χ3v) is 6.77. The van der Waals surface area contributed by atoms with Gasteiger partial charge in [-0.25, -0.2) is 18.1 Å². The molecule has 138 valence electrons. The van der Waals surface area contributed by atoms with Gasteiger partial charge >= 0.3 is 0 Å². The molecular weight excluding hydrogens is 340 g/mol. The molecule has 0 atom stereocenters. The number of sulfonamides is 1. The molecule has 1 aromatic rings. The molecule has 0 bridgehead atoms. The predicted octanol–water partition coefficient (Wildman–Crippen LogP) is 0.968. The van der Waals surface area contributed by atoms with Crippen LogP contribution in [0.1, 0.15) is 31.2 Å². The zero-order valence-corrected chi connectivity index (χ0v) is 15.6. The molecule has 1 saturated heterocycles. The summed E-state index contributed by atoms with van der Waals surface area (Å²) in [7, 11) is 0.385. The highest BCUT2D eigenvalue weighted by atomic mass is 32.2. The van der Waals surface area contributed by atoms with E-state index in [9.17, 15) is 13.2 Å². The van der Waals surface area contributed by atoms with E-state index in [2.05, 4.69) is 9.71 Å². The molecule has 1 aliphatic heterocycles. The minimum absolute atomic E-state index is 0.109. The number of aromatic nitrogens is 1. The molecule has 1 aliphatic carbocycles. The number of carbonyl (C=O) groups excluding carboxylic acids is 1. The number of hydrogen-bond donors (Lipinski definition) is 1. The Balaban J connectivity index is 1.49. The van der Waals surface area contributed by atoms with E-state index in [0.29, 0.717) is 13.1 Å². The van der Waals surface area contributed by atoms with Crippen LogP contribution in [0, 0.1) is 5.92 Å². The highest BCUT2D eigenvalue weighted by molar-refractivity contribution is 7.90. The third-order valence-electron chi connectivity index (χ3n) is 5.05. The second kappa shape index (κ2) is 7.29. The lowest BCUT2D eigenvalue weighted by molar-refractivity contribution is -0.138. The number of anilines is 1. The molecule has 1 aromatic heterocycles. The predicted molar refractivity (Wildman–Crippen MR) is 96.6 cm³/mol. The van der Waals surface area contributed by atoms with E-state index in [1.54, 1.807) is 11.1 Å². The number of amides is 1. The van der Waals surface area contributed by atoms with Crippen molar-refractivity contribution < 1.29 is 13.2 Å². The molecule has 2 heterocycles. The van der Waals surface area contributed by atoms with E-state index >= 15 is 0 Å². The van der Waals surface area contributed by atoms with Crippen LogP contribution in [-0.2, 0) is 21.4 Å². The van der Waals surface area contributed by atoms with Crippen LogP contribution >= 0.6 is 0 Å². The third kappa shape index (κ3) is 4.12.